The van der Waals surface area contributed by atoms with Gasteiger partial charge in [-0.3, -0.25) is 0 Å². The molecule has 5 heteroatoms. The molecule has 3 atom stereocenters. The standard InChI is InChI=1S/C10H22Si2.C9H11.C6H7P.2CH3.H4Si.Ti/c1-9(11(3,4)5)10(2)12(6,7)8;1-2-5-9-7-3-6-8(9)4-1;7-6-4-2-1-3-5-6;;;;/h1-2H2,3-8H3;1-2,4-6,8-9H,3,7H2;1-5H,7H2;2*1H3;1H4;/q;-1;;2*-1;;+3. The minimum atomic E-state index is -1.19. The molecule has 2 aliphatic carbocycles. The van der Waals surface area contributed by atoms with Gasteiger partial charge in [-0.05, 0) is 22.2 Å². The molecule has 32 heavy (non-hydrogen) atoms. The third-order valence-corrected chi connectivity index (χ3v) is 10.1. The molecule has 0 heterocycles. The quantitative estimate of drug-likeness (QED) is 0.172. The van der Waals surface area contributed by atoms with E-state index < -0.39 is 16.1 Å². The largest absolute Gasteiger partial charge is 3.00 e. The number of rotatable bonds is 3. The molecule has 179 valence electrons. The molecule has 0 nitrogen and oxygen atoms in total. The molecule has 2 aliphatic rings. The fourth-order valence-electron chi connectivity index (χ4n) is 3.05. The number of hydrogen-bond donors (Lipinski definition) is 0. The molecule has 0 bridgehead atoms. The van der Waals surface area contributed by atoms with Crippen LogP contribution in [-0.4, -0.2) is 27.1 Å². The van der Waals surface area contributed by atoms with Crippen LogP contribution in [0, 0.1) is 33.1 Å². The Morgan fingerprint density at radius 3 is 1.66 bits per heavy atom. The van der Waals surface area contributed by atoms with Gasteiger partial charge in [0.25, 0.3) is 0 Å². The van der Waals surface area contributed by atoms with Crippen LogP contribution < -0.4 is 5.30 Å². The predicted octanol–water partition coefficient (Wildman–Crippen LogP) is 6.83. The molecule has 0 N–H and O–H groups in total. The van der Waals surface area contributed by atoms with Crippen LogP contribution in [0.25, 0.3) is 0 Å². The van der Waals surface area contributed by atoms with Gasteiger partial charge >= 0.3 is 21.7 Å². The fraction of sp³-hybridized carbons (Fsp3) is 0.370. The number of fused-ring (bicyclic) bond motifs is 1. The van der Waals surface area contributed by atoms with Crippen molar-refractivity contribution in [2.24, 2.45) is 11.8 Å². The molecule has 1 aromatic carbocycles. The van der Waals surface area contributed by atoms with Crippen molar-refractivity contribution in [3.8, 4) is 0 Å². The molecule has 3 unspecified atom stereocenters. The average Bonchev–Trinajstić information content (AvgIpc) is 3.09. The molecule has 1 aromatic rings. The molecule has 0 aliphatic heterocycles. The molecule has 1 radical (unpaired) electrons. The Hall–Kier alpha value is -0.0251. The van der Waals surface area contributed by atoms with Crippen LogP contribution in [0.1, 0.15) is 12.8 Å². The maximum absolute atomic E-state index is 4.19. The maximum atomic E-state index is 4.19. The summed E-state index contributed by atoms with van der Waals surface area (Å²) in [7, 11) is 0.244. The second-order valence-corrected chi connectivity index (χ2v) is 20.6. The van der Waals surface area contributed by atoms with Crippen LogP contribution in [-0.2, 0) is 21.7 Å². The molecule has 1 fully saturated rings. The van der Waals surface area contributed by atoms with E-state index in [-0.39, 0.29) is 47.5 Å². The van der Waals surface area contributed by atoms with Crippen LogP contribution in [0.4, 0.5) is 0 Å². The van der Waals surface area contributed by atoms with Crippen LogP contribution >= 0.6 is 9.24 Å². The molecular weight excluding hydrogens is 487 g/mol. The molecule has 3 rings (SSSR count). The van der Waals surface area contributed by atoms with Crippen molar-refractivity contribution in [3.63, 3.8) is 0 Å². The smallest absolute Gasteiger partial charge is 0.358 e. The van der Waals surface area contributed by atoms with Gasteiger partial charge in [-0.1, -0.05) is 118 Å². The van der Waals surface area contributed by atoms with Crippen molar-refractivity contribution in [2.75, 3.05) is 0 Å². The second-order valence-electron chi connectivity index (χ2n) is 9.69. The molecule has 1 saturated carbocycles. The fourth-order valence-corrected chi connectivity index (χ4v) is 7.33. The van der Waals surface area contributed by atoms with E-state index in [1.165, 1.54) is 28.5 Å². The van der Waals surface area contributed by atoms with Crippen LogP contribution in [0.5, 0.6) is 0 Å². The van der Waals surface area contributed by atoms with Crippen molar-refractivity contribution in [1.82, 2.24) is 0 Å². The van der Waals surface area contributed by atoms with Gasteiger partial charge in [0.1, 0.15) is 0 Å². The topological polar surface area (TPSA) is 0 Å². The van der Waals surface area contributed by atoms with Gasteiger partial charge in [0.2, 0.25) is 0 Å². The van der Waals surface area contributed by atoms with Gasteiger partial charge in [0.05, 0.1) is 16.1 Å². The Morgan fingerprint density at radius 2 is 1.31 bits per heavy atom. The van der Waals surface area contributed by atoms with Gasteiger partial charge in [-0.15, -0.1) is 21.2 Å². The zero-order valence-electron chi connectivity index (χ0n) is 21.3. The average molecular weight is 538 g/mol. The zero-order chi connectivity index (χ0) is 21.4. The normalized spacial score (nSPS) is 17.7. The Morgan fingerprint density at radius 1 is 0.875 bits per heavy atom. The molecular formula is C27H50PSi3Ti. The monoisotopic (exact) mass is 537 g/mol. The van der Waals surface area contributed by atoms with E-state index >= 15 is 0 Å². The third-order valence-electron chi connectivity index (χ3n) is 5.21. The number of hydrogen-bond acceptors (Lipinski definition) is 0. The zero-order valence-corrected chi connectivity index (χ0v) is 26.1. The first kappa shape index (κ1) is 39.2. The summed E-state index contributed by atoms with van der Waals surface area (Å²) in [5, 5.41) is 3.96. The van der Waals surface area contributed by atoms with Crippen molar-refractivity contribution < 1.29 is 21.7 Å². The molecule has 0 aromatic heterocycles. The molecule has 0 saturated heterocycles. The van der Waals surface area contributed by atoms with Gasteiger partial charge < -0.3 is 21.3 Å². The number of allylic oxidation sites excluding steroid dienone is 6. The van der Waals surface area contributed by atoms with E-state index in [1.807, 2.05) is 30.3 Å². The summed E-state index contributed by atoms with van der Waals surface area (Å²) < 4.78 is 0. The summed E-state index contributed by atoms with van der Waals surface area (Å²) in [4.78, 5) is 0. The summed E-state index contributed by atoms with van der Waals surface area (Å²) in [6.07, 6.45) is 14.1. The molecule has 0 spiro atoms. The summed E-state index contributed by atoms with van der Waals surface area (Å²) in [6.45, 7) is 22.4. The minimum absolute atomic E-state index is 0. The summed E-state index contributed by atoms with van der Waals surface area (Å²) >= 11 is 0. The first-order valence-electron chi connectivity index (χ1n) is 10.3. The second kappa shape index (κ2) is 18.3. The Balaban J connectivity index is -0.000000177. The van der Waals surface area contributed by atoms with Crippen molar-refractivity contribution in [2.45, 2.75) is 52.1 Å². The Bertz CT molecular complexity index is 656. The van der Waals surface area contributed by atoms with E-state index in [9.17, 15) is 0 Å². The van der Waals surface area contributed by atoms with E-state index in [0.29, 0.717) is 0 Å². The van der Waals surface area contributed by atoms with Gasteiger partial charge in [0.15, 0.2) is 0 Å². The Kier molecular flexibility index (Phi) is 22.4. The summed E-state index contributed by atoms with van der Waals surface area (Å²) in [5.74, 6) is 1.62. The van der Waals surface area contributed by atoms with E-state index in [1.54, 1.807) is 0 Å². The van der Waals surface area contributed by atoms with E-state index in [2.05, 4.69) is 92.4 Å². The Labute approximate surface area is 225 Å². The van der Waals surface area contributed by atoms with Gasteiger partial charge in [-0.25, -0.2) is 0 Å². The van der Waals surface area contributed by atoms with Crippen LogP contribution in [0.15, 0.2) is 78.2 Å². The third kappa shape index (κ3) is 15.0. The first-order valence-corrected chi connectivity index (χ1v) is 17.9. The summed E-state index contributed by atoms with van der Waals surface area (Å²) in [6, 6.07) is 10.1. The van der Waals surface area contributed by atoms with E-state index in [0.717, 1.165) is 11.8 Å². The van der Waals surface area contributed by atoms with Crippen LogP contribution in [0.3, 0.4) is 0 Å². The van der Waals surface area contributed by atoms with Crippen molar-refractivity contribution >= 4 is 41.7 Å². The van der Waals surface area contributed by atoms with Gasteiger partial charge in [-0.2, -0.15) is 6.42 Å². The minimum Gasteiger partial charge on any atom is -0.358 e. The van der Waals surface area contributed by atoms with Gasteiger partial charge in [0, 0.05) is 0 Å². The predicted molar refractivity (Wildman–Crippen MR) is 164 cm³/mol. The van der Waals surface area contributed by atoms with Crippen molar-refractivity contribution in [3.05, 3.63) is 99.5 Å². The number of benzene rings is 1. The maximum Gasteiger partial charge on any atom is 3.00 e. The first-order chi connectivity index (χ1) is 12.9. The van der Waals surface area contributed by atoms with E-state index in [4.69, 9.17) is 0 Å². The molecule has 0 amide bonds. The van der Waals surface area contributed by atoms with Crippen molar-refractivity contribution in [1.29, 1.82) is 0 Å². The summed E-state index contributed by atoms with van der Waals surface area (Å²) in [5.41, 5.74) is 0. The SMILES string of the molecule is C1=CC2[CH-]CCC2C=C1.C=C(C(=C)[Si](C)(C)C)[Si](C)(C)C.Pc1ccccc1.[CH3-].[CH3-].[SiH4].[Ti+3]. The van der Waals surface area contributed by atoms with Crippen LogP contribution in [0.2, 0.25) is 39.3 Å².